The number of halogens is 1. The highest BCUT2D eigenvalue weighted by Gasteiger charge is 2.24. The van der Waals surface area contributed by atoms with Crippen molar-refractivity contribution in [3.8, 4) is 11.4 Å². The highest BCUT2D eigenvalue weighted by atomic mass is 35.5. The third kappa shape index (κ3) is 4.09. The molecule has 0 unspecified atom stereocenters. The number of piperazine rings is 1. The molecule has 5 rings (SSSR count). The molecule has 2 aromatic carbocycles. The van der Waals surface area contributed by atoms with E-state index in [1.54, 1.807) is 12.1 Å². The molecule has 2 aromatic heterocycles. The fourth-order valence-electron chi connectivity index (χ4n) is 3.86. The van der Waals surface area contributed by atoms with Crippen molar-refractivity contribution in [2.75, 3.05) is 26.2 Å². The van der Waals surface area contributed by atoms with E-state index in [2.05, 4.69) is 25.4 Å². The van der Waals surface area contributed by atoms with E-state index in [1.165, 1.54) is 0 Å². The molecule has 10 heteroatoms. The lowest BCUT2D eigenvalue weighted by atomic mass is 10.1. The average molecular weight is 452 g/mol. The van der Waals surface area contributed by atoms with Crippen molar-refractivity contribution in [1.29, 1.82) is 0 Å². The standard InChI is InChI=1S/C22H22ClN7O2/c1-2-30-19-8-5-16(13-18(19)25-27-30)22(31)29-11-9-28(10-12-29)14-20-24-21(26-32-20)15-3-6-17(23)7-4-15/h3-8,13H,2,9-12,14H2,1H3. The molecule has 0 saturated carbocycles. The molecule has 164 valence electrons. The number of carbonyl (C=O) groups excluding carboxylic acids is 1. The number of nitrogens with zero attached hydrogens (tertiary/aromatic N) is 7. The Kier molecular flexibility index (Phi) is 5.59. The lowest BCUT2D eigenvalue weighted by Gasteiger charge is -2.34. The third-order valence-electron chi connectivity index (χ3n) is 5.65. The van der Waals surface area contributed by atoms with Crippen molar-refractivity contribution >= 4 is 28.5 Å². The van der Waals surface area contributed by atoms with Gasteiger partial charge in [0, 0.05) is 48.9 Å². The van der Waals surface area contributed by atoms with Crippen molar-refractivity contribution < 1.29 is 9.32 Å². The highest BCUT2D eigenvalue weighted by molar-refractivity contribution is 6.30. The van der Waals surface area contributed by atoms with Gasteiger partial charge < -0.3 is 9.42 Å². The lowest BCUT2D eigenvalue weighted by Crippen LogP contribution is -2.48. The Hall–Kier alpha value is -3.30. The van der Waals surface area contributed by atoms with Crippen LogP contribution >= 0.6 is 11.6 Å². The fourth-order valence-corrected chi connectivity index (χ4v) is 3.98. The number of amides is 1. The maximum atomic E-state index is 13.0. The molecule has 0 N–H and O–H groups in total. The molecule has 9 nitrogen and oxygen atoms in total. The Balaban J connectivity index is 1.19. The van der Waals surface area contributed by atoms with Crippen LogP contribution in [0.15, 0.2) is 47.0 Å². The van der Waals surface area contributed by atoms with Gasteiger partial charge in [-0.05, 0) is 49.4 Å². The third-order valence-corrected chi connectivity index (χ3v) is 5.90. The zero-order valence-electron chi connectivity index (χ0n) is 17.6. The molecule has 0 spiro atoms. The molecule has 0 aliphatic carbocycles. The summed E-state index contributed by atoms with van der Waals surface area (Å²) in [6.07, 6.45) is 0. The van der Waals surface area contributed by atoms with Gasteiger partial charge in [0.25, 0.3) is 5.91 Å². The van der Waals surface area contributed by atoms with Gasteiger partial charge in [0.05, 0.1) is 12.1 Å². The Labute approximate surface area is 189 Å². The first kappa shape index (κ1) is 20.6. The fraction of sp³-hybridized carbons (Fsp3) is 0.318. The molecular formula is C22H22ClN7O2. The predicted molar refractivity (Wildman–Crippen MR) is 119 cm³/mol. The van der Waals surface area contributed by atoms with Crippen LogP contribution in [0.4, 0.5) is 0 Å². The first-order valence-corrected chi connectivity index (χ1v) is 10.9. The van der Waals surface area contributed by atoms with Gasteiger partial charge in [0.1, 0.15) is 5.52 Å². The zero-order chi connectivity index (χ0) is 22.1. The lowest BCUT2D eigenvalue weighted by molar-refractivity contribution is 0.0615. The van der Waals surface area contributed by atoms with Crippen LogP contribution in [0.25, 0.3) is 22.4 Å². The van der Waals surface area contributed by atoms with E-state index in [9.17, 15) is 4.79 Å². The summed E-state index contributed by atoms with van der Waals surface area (Å²) in [7, 11) is 0. The Morgan fingerprint density at radius 1 is 1.09 bits per heavy atom. The van der Waals surface area contributed by atoms with Crippen LogP contribution in [-0.2, 0) is 13.1 Å². The quantitative estimate of drug-likeness (QED) is 0.460. The summed E-state index contributed by atoms with van der Waals surface area (Å²) >= 11 is 5.93. The predicted octanol–water partition coefficient (Wildman–Crippen LogP) is 3.11. The van der Waals surface area contributed by atoms with Crippen LogP contribution in [-0.4, -0.2) is 67.0 Å². The monoisotopic (exact) mass is 451 g/mol. The first-order valence-electron chi connectivity index (χ1n) is 10.5. The summed E-state index contributed by atoms with van der Waals surface area (Å²) in [4.78, 5) is 21.5. The van der Waals surface area contributed by atoms with Gasteiger partial charge in [0.15, 0.2) is 0 Å². The van der Waals surface area contributed by atoms with E-state index in [0.717, 1.165) is 36.2 Å². The molecule has 0 radical (unpaired) electrons. The van der Waals surface area contributed by atoms with Crippen molar-refractivity contribution in [1.82, 2.24) is 34.9 Å². The van der Waals surface area contributed by atoms with Gasteiger partial charge in [-0.1, -0.05) is 22.0 Å². The molecule has 1 aliphatic rings. The molecule has 32 heavy (non-hydrogen) atoms. The minimum Gasteiger partial charge on any atom is -0.338 e. The maximum absolute atomic E-state index is 13.0. The topological polar surface area (TPSA) is 93.2 Å². The molecule has 1 amide bonds. The average Bonchev–Trinajstić information content (AvgIpc) is 3.46. The number of rotatable bonds is 5. The number of aromatic nitrogens is 5. The number of hydrogen-bond acceptors (Lipinski definition) is 7. The van der Waals surface area contributed by atoms with Crippen molar-refractivity contribution in [3.63, 3.8) is 0 Å². The van der Waals surface area contributed by atoms with E-state index in [0.29, 0.717) is 41.9 Å². The van der Waals surface area contributed by atoms with E-state index < -0.39 is 0 Å². The summed E-state index contributed by atoms with van der Waals surface area (Å²) in [5.41, 5.74) is 3.17. The second kappa shape index (κ2) is 8.68. The Bertz CT molecular complexity index is 1240. The Morgan fingerprint density at radius 3 is 2.62 bits per heavy atom. The van der Waals surface area contributed by atoms with Crippen molar-refractivity contribution in [2.45, 2.75) is 20.0 Å². The van der Waals surface area contributed by atoms with Crippen LogP contribution in [0, 0.1) is 0 Å². The maximum Gasteiger partial charge on any atom is 0.254 e. The summed E-state index contributed by atoms with van der Waals surface area (Å²) in [6.45, 7) is 6.05. The van der Waals surface area contributed by atoms with Gasteiger partial charge in [-0.15, -0.1) is 5.10 Å². The van der Waals surface area contributed by atoms with Gasteiger partial charge in [-0.2, -0.15) is 4.98 Å². The van der Waals surface area contributed by atoms with E-state index in [4.69, 9.17) is 16.1 Å². The minimum atomic E-state index is 0.0143. The van der Waals surface area contributed by atoms with Gasteiger partial charge in [-0.3, -0.25) is 9.69 Å². The van der Waals surface area contributed by atoms with Gasteiger partial charge in [0.2, 0.25) is 11.7 Å². The highest BCUT2D eigenvalue weighted by Crippen LogP contribution is 2.20. The number of fused-ring (bicyclic) bond motifs is 1. The van der Waals surface area contributed by atoms with Crippen LogP contribution in [0.1, 0.15) is 23.2 Å². The molecule has 1 fully saturated rings. The number of benzene rings is 2. The second-order valence-corrected chi connectivity index (χ2v) is 8.13. The molecular weight excluding hydrogens is 430 g/mol. The van der Waals surface area contributed by atoms with E-state index in [1.807, 2.05) is 46.8 Å². The molecule has 0 bridgehead atoms. The van der Waals surface area contributed by atoms with Gasteiger partial charge >= 0.3 is 0 Å². The number of aryl methyl sites for hydroxylation is 1. The summed E-state index contributed by atoms with van der Waals surface area (Å²) < 4.78 is 7.23. The molecule has 4 aromatic rings. The van der Waals surface area contributed by atoms with Crippen LogP contribution < -0.4 is 0 Å². The minimum absolute atomic E-state index is 0.0143. The van der Waals surface area contributed by atoms with E-state index in [-0.39, 0.29) is 5.91 Å². The summed E-state index contributed by atoms with van der Waals surface area (Å²) in [6, 6.07) is 12.9. The SMILES string of the molecule is CCn1nnc2cc(C(=O)N3CCN(Cc4nc(-c5ccc(Cl)cc5)no4)CC3)ccc21. The largest absolute Gasteiger partial charge is 0.338 e. The smallest absolute Gasteiger partial charge is 0.254 e. The normalized spacial score (nSPS) is 14.9. The van der Waals surface area contributed by atoms with Crippen molar-refractivity contribution in [3.05, 3.63) is 58.9 Å². The van der Waals surface area contributed by atoms with Crippen LogP contribution in [0.5, 0.6) is 0 Å². The van der Waals surface area contributed by atoms with E-state index >= 15 is 0 Å². The van der Waals surface area contributed by atoms with Crippen LogP contribution in [0.2, 0.25) is 5.02 Å². The molecule has 3 heterocycles. The first-order chi connectivity index (χ1) is 15.6. The van der Waals surface area contributed by atoms with Crippen LogP contribution in [0.3, 0.4) is 0 Å². The number of hydrogen-bond donors (Lipinski definition) is 0. The second-order valence-electron chi connectivity index (χ2n) is 7.70. The summed E-state index contributed by atoms with van der Waals surface area (Å²) in [5.74, 6) is 1.11. The number of carbonyl (C=O) groups is 1. The van der Waals surface area contributed by atoms with Crippen molar-refractivity contribution in [2.24, 2.45) is 0 Å². The molecule has 1 aliphatic heterocycles. The summed E-state index contributed by atoms with van der Waals surface area (Å²) in [5, 5.41) is 13.0. The van der Waals surface area contributed by atoms with Gasteiger partial charge in [-0.25, -0.2) is 4.68 Å². The molecule has 0 atom stereocenters. The Morgan fingerprint density at radius 2 is 1.88 bits per heavy atom. The molecule has 1 saturated heterocycles. The zero-order valence-corrected chi connectivity index (χ0v) is 18.4.